The molecule has 1 aliphatic rings. The number of urea groups is 1. The first-order valence-electron chi connectivity index (χ1n) is 10.6. The predicted molar refractivity (Wildman–Crippen MR) is 124 cm³/mol. The van der Waals surface area contributed by atoms with E-state index in [1.54, 1.807) is 26.0 Å². The highest BCUT2D eigenvalue weighted by Gasteiger charge is 2.29. The van der Waals surface area contributed by atoms with Crippen LogP contribution in [0.15, 0.2) is 29.1 Å². The van der Waals surface area contributed by atoms with Gasteiger partial charge in [-0.1, -0.05) is 11.3 Å². The smallest absolute Gasteiger partial charge is 0.407 e. The fourth-order valence-corrected chi connectivity index (χ4v) is 5.00. The summed E-state index contributed by atoms with van der Waals surface area (Å²) >= 11 is 1.16. The molecule has 0 bridgehead atoms. The quantitative estimate of drug-likeness (QED) is 0.520. The van der Waals surface area contributed by atoms with Gasteiger partial charge in [0.15, 0.2) is 5.13 Å². The van der Waals surface area contributed by atoms with E-state index in [0.29, 0.717) is 46.1 Å². The third-order valence-electron chi connectivity index (χ3n) is 5.70. The van der Waals surface area contributed by atoms with Crippen molar-refractivity contribution >= 4 is 38.8 Å². The van der Waals surface area contributed by atoms with Crippen LogP contribution < -0.4 is 16.2 Å². The number of likely N-dealkylation sites (tertiary alicyclic amines) is 1. The number of pyridine rings is 1. The minimum Gasteiger partial charge on any atom is -0.465 e. The molecule has 1 fully saturated rings. The largest absolute Gasteiger partial charge is 0.465 e. The minimum atomic E-state index is -0.987. The van der Waals surface area contributed by atoms with E-state index in [-0.39, 0.29) is 29.7 Å². The molecule has 2 aromatic heterocycles. The molecular weight excluding hydrogens is 449 g/mol. The fourth-order valence-electron chi connectivity index (χ4n) is 4.13. The van der Waals surface area contributed by atoms with Crippen molar-refractivity contribution in [3.05, 3.63) is 46.1 Å². The maximum Gasteiger partial charge on any atom is 0.407 e. The van der Waals surface area contributed by atoms with Crippen LogP contribution in [0.3, 0.4) is 0 Å². The maximum absolute atomic E-state index is 14.9. The van der Waals surface area contributed by atoms with Crippen LogP contribution in [-0.2, 0) is 6.54 Å². The standard InChI is InChI=1S/C22H24FN5O4S/c1-3-24-20(30)26-21-25-17-9-15(16(23)10-18(17)33-21)13-7-12(2)28(19(29)8-13)11-14-5-4-6-27(14)22(31)32/h7-10,14H,3-6,11H2,1-2H3,(H,31,32)(H2,24,25,26,30). The Morgan fingerprint density at radius 1 is 1.30 bits per heavy atom. The number of anilines is 1. The molecule has 1 aromatic carbocycles. The second-order valence-corrected chi connectivity index (χ2v) is 8.94. The van der Waals surface area contributed by atoms with E-state index in [2.05, 4.69) is 15.6 Å². The molecule has 3 amide bonds. The molecule has 0 radical (unpaired) electrons. The Bertz CT molecular complexity index is 1290. The Hall–Kier alpha value is -3.47. The molecular formula is C22H24FN5O4S. The van der Waals surface area contributed by atoms with Gasteiger partial charge in [0, 0.05) is 37.0 Å². The number of benzene rings is 1. The summed E-state index contributed by atoms with van der Waals surface area (Å²) < 4.78 is 17.0. The zero-order chi connectivity index (χ0) is 23.7. The molecule has 1 atom stereocenters. The summed E-state index contributed by atoms with van der Waals surface area (Å²) in [7, 11) is 0. The van der Waals surface area contributed by atoms with Crippen molar-refractivity contribution in [2.24, 2.45) is 0 Å². The SMILES string of the molecule is CCNC(=O)Nc1nc2cc(-c3cc(C)n(CC4CCCN4C(=O)O)c(=O)c3)c(F)cc2s1. The highest BCUT2D eigenvalue weighted by Crippen LogP contribution is 2.32. The number of hydrogen-bond acceptors (Lipinski definition) is 5. The number of nitrogens with zero attached hydrogens (tertiary/aromatic N) is 3. The van der Waals surface area contributed by atoms with Gasteiger partial charge in [-0.2, -0.15) is 0 Å². The first-order chi connectivity index (χ1) is 15.8. The first kappa shape index (κ1) is 22.7. The summed E-state index contributed by atoms with van der Waals surface area (Å²) in [6.07, 6.45) is 0.472. The second-order valence-electron chi connectivity index (χ2n) is 7.91. The Balaban J connectivity index is 1.64. The molecule has 3 heterocycles. The summed E-state index contributed by atoms with van der Waals surface area (Å²) in [6, 6.07) is 5.33. The Kier molecular flexibility index (Phi) is 6.32. The molecule has 3 N–H and O–H groups in total. The maximum atomic E-state index is 14.9. The van der Waals surface area contributed by atoms with Crippen LogP contribution in [0.1, 0.15) is 25.5 Å². The van der Waals surface area contributed by atoms with Gasteiger partial charge in [0.05, 0.1) is 16.3 Å². The van der Waals surface area contributed by atoms with Gasteiger partial charge in [-0.25, -0.2) is 19.0 Å². The van der Waals surface area contributed by atoms with Crippen LogP contribution in [0.2, 0.25) is 0 Å². The van der Waals surface area contributed by atoms with Gasteiger partial charge >= 0.3 is 12.1 Å². The van der Waals surface area contributed by atoms with Crippen molar-refractivity contribution in [1.29, 1.82) is 0 Å². The summed E-state index contributed by atoms with van der Waals surface area (Å²) in [4.78, 5) is 41.7. The van der Waals surface area contributed by atoms with E-state index in [1.807, 2.05) is 0 Å². The summed E-state index contributed by atoms with van der Waals surface area (Å²) in [5, 5.41) is 14.9. The minimum absolute atomic E-state index is 0.234. The van der Waals surface area contributed by atoms with E-state index in [4.69, 9.17) is 0 Å². The number of thiazole rings is 1. The second kappa shape index (κ2) is 9.18. The average molecular weight is 474 g/mol. The summed E-state index contributed by atoms with van der Waals surface area (Å²) in [5.74, 6) is -0.500. The number of nitrogens with one attached hydrogen (secondary N) is 2. The number of hydrogen-bond donors (Lipinski definition) is 3. The fraction of sp³-hybridized carbons (Fsp3) is 0.364. The summed E-state index contributed by atoms with van der Waals surface area (Å²) in [5.41, 5.74) is 1.46. The van der Waals surface area contributed by atoms with Crippen LogP contribution in [0.25, 0.3) is 21.3 Å². The van der Waals surface area contributed by atoms with E-state index < -0.39 is 11.9 Å². The van der Waals surface area contributed by atoms with Gasteiger partial charge < -0.3 is 19.9 Å². The van der Waals surface area contributed by atoms with Crippen LogP contribution in [0, 0.1) is 12.7 Å². The van der Waals surface area contributed by atoms with Crippen LogP contribution in [0.5, 0.6) is 0 Å². The number of carbonyl (C=O) groups is 2. The molecule has 0 spiro atoms. The van der Waals surface area contributed by atoms with Crippen molar-refractivity contribution in [3.8, 4) is 11.1 Å². The zero-order valence-corrected chi connectivity index (χ0v) is 19.0. The van der Waals surface area contributed by atoms with Gasteiger partial charge in [-0.15, -0.1) is 0 Å². The number of amides is 3. The molecule has 11 heteroatoms. The highest BCUT2D eigenvalue weighted by molar-refractivity contribution is 7.22. The van der Waals surface area contributed by atoms with E-state index in [9.17, 15) is 23.9 Å². The number of carbonyl (C=O) groups excluding carboxylic acids is 1. The van der Waals surface area contributed by atoms with E-state index >= 15 is 0 Å². The summed E-state index contributed by atoms with van der Waals surface area (Å²) in [6.45, 7) is 4.74. The lowest BCUT2D eigenvalue weighted by molar-refractivity contribution is 0.136. The van der Waals surface area contributed by atoms with Crippen molar-refractivity contribution in [3.63, 3.8) is 0 Å². The van der Waals surface area contributed by atoms with Gasteiger partial charge in [0.25, 0.3) is 5.56 Å². The number of carboxylic acid groups (broad SMARTS) is 1. The molecule has 1 aliphatic heterocycles. The molecule has 174 valence electrons. The number of rotatable bonds is 5. The highest BCUT2D eigenvalue weighted by atomic mass is 32.1. The lowest BCUT2D eigenvalue weighted by atomic mass is 10.0. The molecule has 33 heavy (non-hydrogen) atoms. The molecule has 1 unspecified atom stereocenters. The zero-order valence-electron chi connectivity index (χ0n) is 18.2. The Morgan fingerprint density at radius 3 is 2.79 bits per heavy atom. The Morgan fingerprint density at radius 2 is 2.09 bits per heavy atom. The van der Waals surface area contributed by atoms with Crippen LogP contribution in [-0.4, -0.2) is 50.8 Å². The van der Waals surface area contributed by atoms with E-state index in [1.165, 1.54) is 21.6 Å². The van der Waals surface area contributed by atoms with Gasteiger partial charge in [-0.3, -0.25) is 10.1 Å². The number of halogens is 1. The lowest BCUT2D eigenvalue weighted by Gasteiger charge is -2.23. The normalized spacial score (nSPS) is 15.7. The van der Waals surface area contributed by atoms with Crippen molar-refractivity contribution in [2.45, 2.75) is 39.3 Å². The van der Waals surface area contributed by atoms with Crippen molar-refractivity contribution < 1.29 is 19.1 Å². The van der Waals surface area contributed by atoms with Crippen LogP contribution in [0.4, 0.5) is 19.1 Å². The topological polar surface area (TPSA) is 117 Å². The van der Waals surface area contributed by atoms with Crippen LogP contribution >= 0.6 is 11.3 Å². The van der Waals surface area contributed by atoms with E-state index in [0.717, 1.165) is 17.8 Å². The predicted octanol–water partition coefficient (Wildman–Crippen LogP) is 3.86. The van der Waals surface area contributed by atoms with Gasteiger partial charge in [0.2, 0.25) is 0 Å². The van der Waals surface area contributed by atoms with Crippen molar-refractivity contribution in [2.75, 3.05) is 18.4 Å². The molecule has 4 rings (SSSR count). The lowest BCUT2D eigenvalue weighted by Crippen LogP contribution is -2.39. The number of fused-ring (bicyclic) bond motifs is 1. The van der Waals surface area contributed by atoms with Crippen molar-refractivity contribution in [1.82, 2.24) is 19.8 Å². The third kappa shape index (κ3) is 4.68. The first-order valence-corrected chi connectivity index (χ1v) is 11.4. The number of aryl methyl sites for hydroxylation is 1. The van der Waals surface area contributed by atoms with Gasteiger partial charge in [0.1, 0.15) is 5.82 Å². The molecule has 3 aromatic rings. The molecule has 0 aliphatic carbocycles. The Labute approximate surface area is 192 Å². The number of aromatic nitrogens is 2. The molecule has 1 saturated heterocycles. The molecule has 9 nitrogen and oxygen atoms in total. The molecule has 0 saturated carbocycles. The van der Waals surface area contributed by atoms with Gasteiger partial charge in [-0.05, 0) is 50.5 Å². The average Bonchev–Trinajstić information content (AvgIpc) is 3.36. The third-order valence-corrected chi connectivity index (χ3v) is 6.63. The monoisotopic (exact) mass is 473 g/mol.